The maximum Gasteiger partial charge on any atom is 0.219 e. The van der Waals surface area contributed by atoms with Crippen molar-refractivity contribution in [2.75, 3.05) is 6.54 Å². The molecule has 0 unspecified atom stereocenters. The van der Waals surface area contributed by atoms with Crippen LogP contribution in [0, 0.1) is 5.92 Å². The van der Waals surface area contributed by atoms with E-state index in [1.807, 2.05) is 0 Å². The van der Waals surface area contributed by atoms with Crippen molar-refractivity contribution in [1.29, 1.82) is 0 Å². The van der Waals surface area contributed by atoms with Gasteiger partial charge in [-0.1, -0.05) is 89.1 Å². The average molecular weight is 344 g/mol. The molecule has 2 nitrogen and oxygen atoms in total. The number of carbonyl (C=O) groups excluding carboxylic acids is 1. The van der Waals surface area contributed by atoms with E-state index < -0.39 is 0 Å². The highest BCUT2D eigenvalue weighted by Crippen LogP contribution is 2.29. The van der Waals surface area contributed by atoms with Gasteiger partial charge in [0.15, 0.2) is 0 Å². The summed E-state index contributed by atoms with van der Waals surface area (Å²) in [5.74, 6) is 1.08. The molecule has 1 fully saturated rings. The summed E-state index contributed by atoms with van der Waals surface area (Å²) in [5.41, 5.74) is 1.58. The van der Waals surface area contributed by atoms with Gasteiger partial charge in [0, 0.05) is 13.0 Å². The summed E-state index contributed by atoms with van der Waals surface area (Å²) in [6.45, 7) is 5.48. The molecule has 1 N–H and O–H groups in total. The standard InChI is InChI=1S/C23H37NO/c1-23(2,21-14-8-5-9-15-21)18-11-10-16-22(25)24-19-17-20-12-6-3-4-7-13-20/h5,8-9,14-15,20H,3-4,6-7,10-13,16-19H2,1-2H3,(H,24,25). The molecule has 0 atom stereocenters. The zero-order valence-electron chi connectivity index (χ0n) is 16.4. The second-order valence-electron chi connectivity index (χ2n) is 8.45. The third-order valence-electron chi connectivity index (χ3n) is 5.86. The van der Waals surface area contributed by atoms with Gasteiger partial charge < -0.3 is 5.32 Å². The first-order valence-electron chi connectivity index (χ1n) is 10.4. The zero-order valence-corrected chi connectivity index (χ0v) is 16.4. The molecule has 0 saturated heterocycles. The van der Waals surface area contributed by atoms with Crippen molar-refractivity contribution in [3.8, 4) is 0 Å². The van der Waals surface area contributed by atoms with Crippen LogP contribution in [0.3, 0.4) is 0 Å². The molecule has 0 bridgehead atoms. The summed E-state index contributed by atoms with van der Waals surface area (Å²) in [5, 5.41) is 3.14. The number of nitrogens with one attached hydrogen (secondary N) is 1. The molecule has 2 heteroatoms. The highest BCUT2D eigenvalue weighted by atomic mass is 16.1. The van der Waals surface area contributed by atoms with Crippen molar-refractivity contribution in [3.63, 3.8) is 0 Å². The quantitative estimate of drug-likeness (QED) is 0.432. The van der Waals surface area contributed by atoms with Crippen molar-refractivity contribution >= 4 is 5.91 Å². The van der Waals surface area contributed by atoms with Crippen molar-refractivity contribution in [2.24, 2.45) is 5.92 Å². The minimum absolute atomic E-state index is 0.192. The van der Waals surface area contributed by atoms with Crippen molar-refractivity contribution in [3.05, 3.63) is 35.9 Å². The fourth-order valence-electron chi connectivity index (χ4n) is 4.04. The lowest BCUT2D eigenvalue weighted by molar-refractivity contribution is -0.121. The first-order chi connectivity index (χ1) is 12.1. The Morgan fingerprint density at radius 2 is 1.72 bits per heavy atom. The molecule has 2 rings (SSSR count). The van der Waals surface area contributed by atoms with E-state index in [-0.39, 0.29) is 11.3 Å². The van der Waals surface area contributed by atoms with Crippen LogP contribution in [0.4, 0.5) is 0 Å². The smallest absolute Gasteiger partial charge is 0.219 e. The number of benzene rings is 1. The number of amides is 1. The highest BCUT2D eigenvalue weighted by Gasteiger charge is 2.19. The number of carbonyl (C=O) groups is 1. The molecule has 25 heavy (non-hydrogen) atoms. The molecule has 1 aliphatic rings. The molecule has 0 spiro atoms. The second kappa shape index (κ2) is 10.6. The van der Waals surface area contributed by atoms with Gasteiger partial charge in [0.05, 0.1) is 0 Å². The van der Waals surface area contributed by atoms with Gasteiger partial charge in [0.25, 0.3) is 0 Å². The SMILES string of the molecule is CC(C)(CCCCC(=O)NCCC1CCCCCC1)c1ccccc1. The lowest BCUT2D eigenvalue weighted by Gasteiger charge is -2.25. The Hall–Kier alpha value is -1.31. The summed E-state index contributed by atoms with van der Waals surface area (Å²) in [6.07, 6.45) is 13.4. The van der Waals surface area contributed by atoms with Gasteiger partial charge in [-0.15, -0.1) is 0 Å². The van der Waals surface area contributed by atoms with Gasteiger partial charge in [0.1, 0.15) is 0 Å². The van der Waals surface area contributed by atoms with E-state index in [1.54, 1.807) is 0 Å². The Morgan fingerprint density at radius 1 is 1.04 bits per heavy atom. The Bertz CT molecular complexity index is 486. The zero-order chi connectivity index (χ0) is 18.0. The maximum absolute atomic E-state index is 12.0. The minimum Gasteiger partial charge on any atom is -0.356 e. The molecule has 0 heterocycles. The van der Waals surface area contributed by atoms with E-state index in [2.05, 4.69) is 49.5 Å². The fourth-order valence-corrected chi connectivity index (χ4v) is 4.04. The molecule has 1 saturated carbocycles. The lowest BCUT2D eigenvalue weighted by atomic mass is 9.80. The molecule has 0 aliphatic heterocycles. The third-order valence-corrected chi connectivity index (χ3v) is 5.86. The molecule has 0 radical (unpaired) electrons. The maximum atomic E-state index is 12.0. The fraction of sp³-hybridized carbons (Fsp3) is 0.696. The van der Waals surface area contributed by atoms with E-state index in [4.69, 9.17) is 0 Å². The number of hydrogen-bond donors (Lipinski definition) is 1. The Morgan fingerprint density at radius 3 is 2.40 bits per heavy atom. The summed E-state index contributed by atoms with van der Waals surface area (Å²) in [6, 6.07) is 10.7. The topological polar surface area (TPSA) is 29.1 Å². The molecule has 1 amide bonds. The highest BCUT2D eigenvalue weighted by molar-refractivity contribution is 5.75. The van der Waals surface area contributed by atoms with Crippen LogP contribution >= 0.6 is 0 Å². The van der Waals surface area contributed by atoms with E-state index in [0.717, 1.165) is 31.7 Å². The molecule has 1 aliphatic carbocycles. The molecular weight excluding hydrogens is 306 g/mol. The van der Waals surface area contributed by atoms with E-state index in [0.29, 0.717) is 6.42 Å². The van der Waals surface area contributed by atoms with Gasteiger partial charge in [0.2, 0.25) is 5.91 Å². The van der Waals surface area contributed by atoms with Crippen molar-refractivity contribution < 1.29 is 4.79 Å². The first-order valence-corrected chi connectivity index (χ1v) is 10.4. The van der Waals surface area contributed by atoms with E-state index in [1.165, 1.54) is 50.5 Å². The van der Waals surface area contributed by atoms with Gasteiger partial charge in [-0.2, -0.15) is 0 Å². The van der Waals surface area contributed by atoms with Gasteiger partial charge >= 0.3 is 0 Å². The van der Waals surface area contributed by atoms with Crippen LogP contribution in [0.25, 0.3) is 0 Å². The summed E-state index contributed by atoms with van der Waals surface area (Å²) >= 11 is 0. The number of rotatable bonds is 9. The van der Waals surface area contributed by atoms with Gasteiger partial charge in [-0.25, -0.2) is 0 Å². The molecule has 1 aromatic rings. The van der Waals surface area contributed by atoms with E-state index in [9.17, 15) is 4.79 Å². The van der Waals surface area contributed by atoms with Crippen LogP contribution in [0.1, 0.15) is 90.0 Å². The van der Waals surface area contributed by atoms with Gasteiger partial charge in [-0.05, 0) is 36.2 Å². The third kappa shape index (κ3) is 7.63. The summed E-state index contributed by atoms with van der Waals surface area (Å²) in [4.78, 5) is 12.0. The van der Waals surface area contributed by atoms with Crippen molar-refractivity contribution in [2.45, 2.75) is 89.9 Å². The predicted molar refractivity (Wildman–Crippen MR) is 107 cm³/mol. The lowest BCUT2D eigenvalue weighted by Crippen LogP contribution is -2.25. The Kier molecular flexibility index (Phi) is 8.51. The molecule has 140 valence electrons. The Balaban J connectivity index is 1.56. The number of hydrogen-bond acceptors (Lipinski definition) is 1. The van der Waals surface area contributed by atoms with Crippen LogP contribution in [0.5, 0.6) is 0 Å². The van der Waals surface area contributed by atoms with Crippen LogP contribution in [0.2, 0.25) is 0 Å². The van der Waals surface area contributed by atoms with Crippen molar-refractivity contribution in [1.82, 2.24) is 5.32 Å². The molecular formula is C23H37NO. The van der Waals surface area contributed by atoms with Crippen LogP contribution in [0.15, 0.2) is 30.3 Å². The molecule has 0 aromatic heterocycles. The van der Waals surface area contributed by atoms with Gasteiger partial charge in [-0.3, -0.25) is 4.79 Å². The average Bonchev–Trinajstić information content (AvgIpc) is 2.88. The monoisotopic (exact) mass is 343 g/mol. The van der Waals surface area contributed by atoms with Crippen LogP contribution in [-0.2, 0) is 10.2 Å². The van der Waals surface area contributed by atoms with E-state index >= 15 is 0 Å². The van der Waals surface area contributed by atoms with Crippen LogP contribution < -0.4 is 5.32 Å². The largest absolute Gasteiger partial charge is 0.356 e. The van der Waals surface area contributed by atoms with Crippen LogP contribution in [-0.4, -0.2) is 12.5 Å². The summed E-state index contributed by atoms with van der Waals surface area (Å²) in [7, 11) is 0. The summed E-state index contributed by atoms with van der Waals surface area (Å²) < 4.78 is 0. The first kappa shape index (κ1) is 20.0. The minimum atomic E-state index is 0.192. The normalized spacial score (nSPS) is 16.4. The molecule has 1 aromatic carbocycles. The Labute approximate surface area is 154 Å². The second-order valence-corrected chi connectivity index (χ2v) is 8.45. The predicted octanol–water partition coefficient (Wildman–Crippen LogP) is 6.00. The number of unbranched alkanes of at least 4 members (excludes halogenated alkanes) is 1.